The molecule has 1 aliphatic rings. The van der Waals surface area contributed by atoms with E-state index in [-0.39, 0.29) is 6.04 Å². The lowest BCUT2D eigenvalue weighted by molar-refractivity contribution is 0.272. The van der Waals surface area contributed by atoms with Gasteiger partial charge in [-0.1, -0.05) is 42.5 Å². The average Bonchev–Trinajstić information content (AvgIpc) is 2.54. The summed E-state index contributed by atoms with van der Waals surface area (Å²) < 4.78 is 5.77. The molecule has 0 heterocycles. The Labute approximate surface area is 126 Å². The molecular weight excluding hydrogens is 258 g/mol. The summed E-state index contributed by atoms with van der Waals surface area (Å²) in [6, 6.07) is 18.8. The van der Waals surface area contributed by atoms with E-state index in [1.165, 1.54) is 30.4 Å². The largest absolute Gasteiger partial charge is 0.492 e. The van der Waals surface area contributed by atoms with Crippen LogP contribution in [0.1, 0.15) is 36.3 Å². The van der Waals surface area contributed by atoms with Gasteiger partial charge in [0.15, 0.2) is 0 Å². The first-order valence-corrected chi connectivity index (χ1v) is 7.84. The van der Waals surface area contributed by atoms with Crippen LogP contribution in [0.4, 0.5) is 0 Å². The maximum Gasteiger partial charge on any atom is 0.119 e. The van der Waals surface area contributed by atoms with Crippen LogP contribution in [0, 0.1) is 0 Å². The van der Waals surface area contributed by atoms with Gasteiger partial charge in [0.25, 0.3) is 0 Å². The number of nitrogens with two attached hydrogens (primary N) is 1. The first-order valence-electron chi connectivity index (χ1n) is 7.84. The molecule has 0 fully saturated rings. The van der Waals surface area contributed by atoms with Crippen molar-refractivity contribution >= 4 is 0 Å². The second-order valence-electron chi connectivity index (χ2n) is 5.91. The van der Waals surface area contributed by atoms with Gasteiger partial charge in [-0.3, -0.25) is 0 Å². The molecule has 0 saturated carbocycles. The van der Waals surface area contributed by atoms with E-state index in [1.807, 2.05) is 30.3 Å². The first-order chi connectivity index (χ1) is 10.3. The summed E-state index contributed by atoms with van der Waals surface area (Å²) in [6.45, 7) is 0.586. The molecule has 2 nitrogen and oxygen atoms in total. The maximum atomic E-state index is 6.28. The van der Waals surface area contributed by atoms with Crippen molar-refractivity contribution < 1.29 is 4.74 Å². The van der Waals surface area contributed by atoms with Crippen LogP contribution in [0.25, 0.3) is 0 Å². The van der Waals surface area contributed by atoms with Crippen molar-refractivity contribution in [3.8, 4) is 5.75 Å². The number of hydrogen-bond donors (Lipinski definition) is 1. The molecule has 0 bridgehead atoms. The van der Waals surface area contributed by atoms with E-state index >= 15 is 0 Å². The summed E-state index contributed by atoms with van der Waals surface area (Å²) in [4.78, 5) is 0. The highest BCUT2D eigenvalue weighted by molar-refractivity contribution is 5.32. The third-order valence-corrected chi connectivity index (χ3v) is 4.29. The molecular formula is C19H23NO. The normalized spacial score (nSPS) is 18.8. The predicted molar refractivity (Wildman–Crippen MR) is 86.7 cm³/mol. The zero-order chi connectivity index (χ0) is 14.5. The van der Waals surface area contributed by atoms with E-state index < -0.39 is 0 Å². The van der Waals surface area contributed by atoms with Crippen LogP contribution in [0.5, 0.6) is 5.75 Å². The van der Waals surface area contributed by atoms with Crippen LogP contribution in [0.3, 0.4) is 0 Å². The number of rotatable bonds is 5. The summed E-state index contributed by atoms with van der Waals surface area (Å²) >= 11 is 0. The van der Waals surface area contributed by atoms with Crippen LogP contribution < -0.4 is 10.5 Å². The van der Waals surface area contributed by atoms with Crippen LogP contribution in [-0.4, -0.2) is 12.6 Å². The molecule has 0 aliphatic heterocycles. The van der Waals surface area contributed by atoms with Crippen LogP contribution >= 0.6 is 0 Å². The summed E-state index contributed by atoms with van der Waals surface area (Å²) in [6.07, 6.45) is 4.73. The quantitative estimate of drug-likeness (QED) is 0.902. The first kappa shape index (κ1) is 14.2. The van der Waals surface area contributed by atoms with Gasteiger partial charge in [0.05, 0.1) is 0 Å². The van der Waals surface area contributed by atoms with Gasteiger partial charge < -0.3 is 10.5 Å². The van der Waals surface area contributed by atoms with Gasteiger partial charge in [0.1, 0.15) is 12.4 Å². The smallest absolute Gasteiger partial charge is 0.119 e. The fourth-order valence-electron chi connectivity index (χ4n) is 3.25. The van der Waals surface area contributed by atoms with E-state index in [0.717, 1.165) is 12.2 Å². The SMILES string of the molecule is NC(COc1ccccc1)CC1CCCc2ccccc21. The standard InChI is InChI=1S/C19H23NO/c20-17(14-21-18-10-2-1-3-11-18)13-16-9-6-8-15-7-4-5-12-19(15)16/h1-5,7,10-12,16-17H,6,8-9,13-14,20H2. The fourth-order valence-corrected chi connectivity index (χ4v) is 3.25. The second-order valence-corrected chi connectivity index (χ2v) is 5.91. The third-order valence-electron chi connectivity index (χ3n) is 4.29. The molecule has 1 aliphatic carbocycles. The zero-order valence-electron chi connectivity index (χ0n) is 12.4. The molecule has 2 atom stereocenters. The Balaban J connectivity index is 1.57. The number of para-hydroxylation sites is 1. The molecule has 0 aromatic heterocycles. The second kappa shape index (κ2) is 6.77. The molecule has 3 rings (SSSR count). The van der Waals surface area contributed by atoms with E-state index in [0.29, 0.717) is 12.5 Å². The highest BCUT2D eigenvalue weighted by Crippen LogP contribution is 2.34. The fraction of sp³-hybridized carbons (Fsp3) is 0.368. The zero-order valence-corrected chi connectivity index (χ0v) is 12.4. The average molecular weight is 281 g/mol. The Morgan fingerprint density at radius 3 is 2.67 bits per heavy atom. The van der Waals surface area contributed by atoms with Crippen LogP contribution in [0.2, 0.25) is 0 Å². The van der Waals surface area contributed by atoms with Crippen molar-refractivity contribution in [1.29, 1.82) is 0 Å². The molecule has 2 aromatic carbocycles. The van der Waals surface area contributed by atoms with Gasteiger partial charge in [-0.25, -0.2) is 0 Å². The number of fused-ring (bicyclic) bond motifs is 1. The van der Waals surface area contributed by atoms with Gasteiger partial charge in [-0.15, -0.1) is 0 Å². The van der Waals surface area contributed by atoms with Crippen molar-refractivity contribution in [2.75, 3.05) is 6.61 Å². The monoisotopic (exact) mass is 281 g/mol. The number of aryl methyl sites for hydroxylation is 1. The van der Waals surface area contributed by atoms with E-state index in [4.69, 9.17) is 10.5 Å². The summed E-state index contributed by atoms with van der Waals surface area (Å²) in [5.74, 6) is 1.49. The molecule has 2 unspecified atom stereocenters. The van der Waals surface area contributed by atoms with E-state index in [2.05, 4.69) is 24.3 Å². The third kappa shape index (κ3) is 3.64. The van der Waals surface area contributed by atoms with Gasteiger partial charge in [0.2, 0.25) is 0 Å². The maximum absolute atomic E-state index is 6.28. The van der Waals surface area contributed by atoms with Crippen molar-refractivity contribution in [2.45, 2.75) is 37.6 Å². The van der Waals surface area contributed by atoms with Crippen molar-refractivity contribution in [3.63, 3.8) is 0 Å². The van der Waals surface area contributed by atoms with E-state index in [9.17, 15) is 0 Å². The highest BCUT2D eigenvalue weighted by Gasteiger charge is 2.22. The molecule has 2 N–H and O–H groups in total. The Kier molecular flexibility index (Phi) is 4.56. The van der Waals surface area contributed by atoms with Crippen molar-refractivity contribution in [2.24, 2.45) is 5.73 Å². The molecule has 0 amide bonds. The number of benzene rings is 2. The molecule has 110 valence electrons. The molecule has 0 saturated heterocycles. The summed E-state index contributed by atoms with van der Waals surface area (Å²) in [5, 5.41) is 0. The molecule has 0 spiro atoms. The highest BCUT2D eigenvalue weighted by atomic mass is 16.5. The van der Waals surface area contributed by atoms with Gasteiger partial charge in [-0.05, 0) is 54.9 Å². The van der Waals surface area contributed by atoms with Gasteiger partial charge >= 0.3 is 0 Å². The Hall–Kier alpha value is -1.80. The predicted octanol–water partition coefficient (Wildman–Crippen LogP) is 3.90. The molecule has 2 aromatic rings. The lowest BCUT2D eigenvalue weighted by Gasteiger charge is -2.27. The Morgan fingerprint density at radius 2 is 1.81 bits per heavy atom. The van der Waals surface area contributed by atoms with Crippen molar-refractivity contribution in [1.82, 2.24) is 0 Å². The molecule has 21 heavy (non-hydrogen) atoms. The van der Waals surface area contributed by atoms with Gasteiger partial charge in [0, 0.05) is 6.04 Å². The minimum absolute atomic E-state index is 0.0846. The lowest BCUT2D eigenvalue weighted by atomic mass is 9.80. The number of ether oxygens (including phenoxy) is 1. The van der Waals surface area contributed by atoms with Crippen molar-refractivity contribution in [3.05, 3.63) is 65.7 Å². The summed E-state index contributed by atoms with van der Waals surface area (Å²) in [7, 11) is 0. The topological polar surface area (TPSA) is 35.2 Å². The lowest BCUT2D eigenvalue weighted by Crippen LogP contribution is -2.30. The molecule has 2 heteroatoms. The minimum atomic E-state index is 0.0846. The van der Waals surface area contributed by atoms with Crippen LogP contribution in [-0.2, 0) is 6.42 Å². The number of hydrogen-bond acceptors (Lipinski definition) is 2. The molecule has 0 radical (unpaired) electrons. The Morgan fingerprint density at radius 1 is 1.05 bits per heavy atom. The Bertz CT molecular complexity index is 567. The van der Waals surface area contributed by atoms with Gasteiger partial charge in [-0.2, -0.15) is 0 Å². The van der Waals surface area contributed by atoms with E-state index in [1.54, 1.807) is 0 Å². The summed E-state index contributed by atoms with van der Waals surface area (Å²) in [5.41, 5.74) is 9.29. The minimum Gasteiger partial charge on any atom is -0.492 e. The van der Waals surface area contributed by atoms with Crippen LogP contribution in [0.15, 0.2) is 54.6 Å².